The molecule has 4 heteroatoms. The Bertz CT molecular complexity index is 169. The van der Waals surface area contributed by atoms with Gasteiger partial charge in [0, 0.05) is 0 Å². The van der Waals surface area contributed by atoms with E-state index < -0.39 is 6.10 Å². The standard InChI is InChI=1S/C6H8O4/c7-3-2-1-8-6(9-2)5-4(3)10-5/h2-7H,1H2/t2-,3+,4?,5+,6?/m1/s1. The van der Waals surface area contributed by atoms with Crippen LogP contribution in [0.1, 0.15) is 0 Å². The molecule has 0 aromatic heterocycles. The van der Waals surface area contributed by atoms with Gasteiger partial charge in [-0.05, 0) is 0 Å². The molecule has 4 nitrogen and oxygen atoms in total. The number of hydrogen-bond acceptors (Lipinski definition) is 4. The second kappa shape index (κ2) is 1.53. The Morgan fingerprint density at radius 1 is 1.20 bits per heavy atom. The molecular weight excluding hydrogens is 136 g/mol. The molecule has 0 aromatic rings. The Kier molecular flexibility index (Phi) is 0.840. The van der Waals surface area contributed by atoms with Crippen LogP contribution in [0.4, 0.5) is 0 Å². The van der Waals surface area contributed by atoms with Gasteiger partial charge in [0.1, 0.15) is 24.4 Å². The second-order valence-corrected chi connectivity index (χ2v) is 2.93. The highest BCUT2D eigenvalue weighted by atomic mass is 16.8. The first-order valence-corrected chi connectivity index (χ1v) is 3.47. The summed E-state index contributed by atoms with van der Waals surface area (Å²) in [7, 11) is 0. The fraction of sp³-hybridized carbons (Fsp3) is 1.00. The molecule has 0 saturated carbocycles. The van der Waals surface area contributed by atoms with E-state index in [-0.39, 0.29) is 24.6 Å². The number of hydrogen-bond donors (Lipinski definition) is 1. The van der Waals surface area contributed by atoms with Crippen molar-refractivity contribution in [2.45, 2.75) is 30.7 Å². The first kappa shape index (κ1) is 5.49. The lowest BCUT2D eigenvalue weighted by Gasteiger charge is -2.18. The van der Waals surface area contributed by atoms with Crippen LogP contribution >= 0.6 is 0 Å². The molecule has 0 amide bonds. The third kappa shape index (κ3) is 0.509. The van der Waals surface area contributed by atoms with Gasteiger partial charge in [0.2, 0.25) is 0 Å². The van der Waals surface area contributed by atoms with Crippen LogP contribution in [0, 0.1) is 0 Å². The van der Waals surface area contributed by atoms with E-state index in [0.717, 1.165) is 0 Å². The van der Waals surface area contributed by atoms with Crippen molar-refractivity contribution in [1.82, 2.24) is 0 Å². The van der Waals surface area contributed by atoms with Gasteiger partial charge < -0.3 is 19.3 Å². The lowest BCUT2D eigenvalue weighted by Crippen LogP contribution is -2.39. The van der Waals surface area contributed by atoms with E-state index in [1.54, 1.807) is 0 Å². The van der Waals surface area contributed by atoms with Crippen molar-refractivity contribution in [3.05, 3.63) is 0 Å². The zero-order chi connectivity index (χ0) is 6.72. The summed E-state index contributed by atoms with van der Waals surface area (Å²) in [6.07, 6.45) is -0.809. The molecule has 10 heavy (non-hydrogen) atoms. The summed E-state index contributed by atoms with van der Waals surface area (Å²) in [5.41, 5.74) is 0. The topological polar surface area (TPSA) is 51.2 Å². The fourth-order valence-electron chi connectivity index (χ4n) is 1.63. The van der Waals surface area contributed by atoms with Crippen molar-refractivity contribution in [2.24, 2.45) is 0 Å². The summed E-state index contributed by atoms with van der Waals surface area (Å²) in [6, 6.07) is 0. The van der Waals surface area contributed by atoms with E-state index in [0.29, 0.717) is 6.61 Å². The molecule has 56 valence electrons. The van der Waals surface area contributed by atoms with Gasteiger partial charge in [-0.15, -0.1) is 0 Å². The number of ether oxygens (including phenoxy) is 3. The molecule has 3 rings (SSSR count). The quantitative estimate of drug-likeness (QED) is 0.437. The van der Waals surface area contributed by atoms with Crippen LogP contribution < -0.4 is 0 Å². The highest BCUT2D eigenvalue weighted by Gasteiger charge is 2.61. The van der Waals surface area contributed by atoms with Gasteiger partial charge in [0.25, 0.3) is 0 Å². The Morgan fingerprint density at radius 2 is 2.10 bits per heavy atom. The number of aliphatic hydroxyl groups is 1. The zero-order valence-corrected chi connectivity index (χ0v) is 5.27. The predicted octanol–water partition coefficient (Wildman–Crippen LogP) is -1.13. The summed E-state index contributed by atoms with van der Waals surface area (Å²) in [5.74, 6) is 0. The summed E-state index contributed by atoms with van der Waals surface area (Å²) in [6.45, 7) is 0.516. The molecule has 3 fully saturated rings. The Balaban J connectivity index is 1.91. The van der Waals surface area contributed by atoms with Gasteiger partial charge in [-0.2, -0.15) is 0 Å². The highest BCUT2D eigenvalue weighted by molar-refractivity contribution is 5.03. The normalized spacial score (nSPS) is 63.9. The maximum Gasteiger partial charge on any atom is 0.187 e. The van der Waals surface area contributed by atoms with Crippen molar-refractivity contribution in [3.8, 4) is 0 Å². The Morgan fingerprint density at radius 3 is 3.00 bits per heavy atom. The van der Waals surface area contributed by atoms with Crippen molar-refractivity contribution >= 4 is 0 Å². The number of rotatable bonds is 0. The van der Waals surface area contributed by atoms with Crippen molar-refractivity contribution < 1.29 is 19.3 Å². The van der Waals surface area contributed by atoms with Gasteiger partial charge in [-0.25, -0.2) is 0 Å². The van der Waals surface area contributed by atoms with Gasteiger partial charge in [0.05, 0.1) is 6.61 Å². The molecule has 0 aromatic carbocycles. The largest absolute Gasteiger partial charge is 0.387 e. The average molecular weight is 144 g/mol. The molecule has 5 atom stereocenters. The lowest BCUT2D eigenvalue weighted by atomic mass is 10.1. The maximum absolute atomic E-state index is 9.38. The molecular formula is C6H8O4. The smallest absolute Gasteiger partial charge is 0.187 e. The maximum atomic E-state index is 9.38. The zero-order valence-electron chi connectivity index (χ0n) is 5.27. The van der Waals surface area contributed by atoms with Crippen LogP contribution in [-0.2, 0) is 14.2 Å². The highest BCUT2D eigenvalue weighted by Crippen LogP contribution is 2.41. The third-order valence-corrected chi connectivity index (χ3v) is 2.28. The van der Waals surface area contributed by atoms with E-state index in [1.165, 1.54) is 0 Å². The second-order valence-electron chi connectivity index (χ2n) is 2.93. The molecule has 0 aliphatic carbocycles. The molecule has 1 N–H and O–H groups in total. The van der Waals surface area contributed by atoms with Gasteiger partial charge in [-0.3, -0.25) is 0 Å². The van der Waals surface area contributed by atoms with Gasteiger partial charge in [0.15, 0.2) is 6.29 Å². The number of aliphatic hydroxyl groups excluding tert-OH is 1. The molecule has 3 aliphatic rings. The van der Waals surface area contributed by atoms with E-state index in [2.05, 4.69) is 0 Å². The average Bonchev–Trinajstić information content (AvgIpc) is 2.61. The van der Waals surface area contributed by atoms with Crippen LogP contribution in [0.15, 0.2) is 0 Å². The van der Waals surface area contributed by atoms with E-state index in [1.807, 2.05) is 0 Å². The van der Waals surface area contributed by atoms with E-state index in [4.69, 9.17) is 14.2 Å². The first-order chi connectivity index (χ1) is 4.86. The van der Waals surface area contributed by atoms with Crippen molar-refractivity contribution in [3.63, 3.8) is 0 Å². The van der Waals surface area contributed by atoms with Crippen molar-refractivity contribution in [2.75, 3.05) is 6.61 Å². The molecule has 3 saturated heterocycles. The molecule has 3 aliphatic heterocycles. The van der Waals surface area contributed by atoms with Crippen LogP contribution in [-0.4, -0.2) is 42.4 Å². The predicted molar refractivity (Wildman–Crippen MR) is 29.3 cm³/mol. The summed E-state index contributed by atoms with van der Waals surface area (Å²) in [4.78, 5) is 0. The van der Waals surface area contributed by atoms with Crippen LogP contribution in [0.2, 0.25) is 0 Å². The number of fused-ring (bicyclic) bond motifs is 4. The fourth-order valence-corrected chi connectivity index (χ4v) is 1.63. The Hall–Kier alpha value is -0.160. The van der Waals surface area contributed by atoms with Crippen LogP contribution in [0.25, 0.3) is 0 Å². The third-order valence-electron chi connectivity index (χ3n) is 2.28. The minimum atomic E-state index is -0.469. The molecule has 2 unspecified atom stereocenters. The van der Waals surface area contributed by atoms with Crippen molar-refractivity contribution in [1.29, 1.82) is 0 Å². The Labute approximate surface area is 57.7 Å². The van der Waals surface area contributed by atoms with Crippen LogP contribution in [0.5, 0.6) is 0 Å². The van der Waals surface area contributed by atoms with Crippen LogP contribution in [0.3, 0.4) is 0 Å². The van der Waals surface area contributed by atoms with E-state index in [9.17, 15) is 5.11 Å². The molecule has 0 radical (unpaired) electrons. The molecule has 0 spiro atoms. The van der Waals surface area contributed by atoms with Gasteiger partial charge in [-0.1, -0.05) is 0 Å². The monoisotopic (exact) mass is 144 g/mol. The minimum Gasteiger partial charge on any atom is -0.387 e. The lowest BCUT2D eigenvalue weighted by molar-refractivity contribution is -0.103. The summed E-state index contributed by atoms with van der Waals surface area (Å²) < 4.78 is 15.6. The van der Waals surface area contributed by atoms with Gasteiger partial charge >= 0.3 is 0 Å². The summed E-state index contributed by atoms with van der Waals surface area (Å²) in [5, 5.41) is 9.38. The SMILES string of the molecule is O[C@@H]1C2O[C@@H]2C2OC[C@H]1O2. The van der Waals surface area contributed by atoms with E-state index >= 15 is 0 Å². The minimum absolute atomic E-state index is 0.00810. The number of epoxide rings is 1. The molecule has 3 heterocycles. The first-order valence-electron chi connectivity index (χ1n) is 3.47. The summed E-state index contributed by atoms with van der Waals surface area (Å²) >= 11 is 0. The molecule has 2 bridgehead atoms.